The summed E-state index contributed by atoms with van der Waals surface area (Å²) in [4.78, 5) is 13.8. The lowest BCUT2D eigenvalue weighted by Crippen LogP contribution is -2.51. The number of nitrogens with zero attached hydrogens (tertiary/aromatic N) is 1. The first kappa shape index (κ1) is 13.8. The fourth-order valence-electron chi connectivity index (χ4n) is 2.42. The van der Waals surface area contributed by atoms with Gasteiger partial charge in [-0.25, -0.2) is 8.42 Å². The summed E-state index contributed by atoms with van der Waals surface area (Å²) in [5.41, 5.74) is 5.50. The average Bonchev–Trinajstić information content (AvgIpc) is 2.80. The highest BCUT2D eigenvalue weighted by molar-refractivity contribution is 7.92. The van der Waals surface area contributed by atoms with Crippen molar-refractivity contribution in [1.29, 1.82) is 0 Å². The van der Waals surface area contributed by atoms with E-state index >= 15 is 0 Å². The SMILES string of the molecule is CC1CN(C(=O)[C@@H]2CC[C@H](CN)O2)CCS1(=O)=O. The zero-order valence-corrected chi connectivity index (χ0v) is 11.4. The van der Waals surface area contributed by atoms with E-state index < -0.39 is 21.2 Å². The molecule has 0 bridgehead atoms. The number of rotatable bonds is 2. The Morgan fingerprint density at radius 2 is 2.17 bits per heavy atom. The highest BCUT2D eigenvalue weighted by Crippen LogP contribution is 2.22. The van der Waals surface area contributed by atoms with Crippen LogP contribution < -0.4 is 5.73 Å². The molecule has 0 spiro atoms. The van der Waals surface area contributed by atoms with Crippen molar-refractivity contribution in [2.24, 2.45) is 5.73 Å². The van der Waals surface area contributed by atoms with Gasteiger partial charge in [0.25, 0.3) is 5.91 Å². The average molecular weight is 276 g/mol. The molecule has 2 rings (SSSR count). The summed E-state index contributed by atoms with van der Waals surface area (Å²) in [6.07, 6.45) is 1.00. The molecule has 0 aromatic heterocycles. The number of sulfone groups is 1. The van der Waals surface area contributed by atoms with Crippen LogP contribution in [0.5, 0.6) is 0 Å². The molecule has 6 nitrogen and oxygen atoms in total. The van der Waals surface area contributed by atoms with Gasteiger partial charge in [-0.1, -0.05) is 0 Å². The first-order valence-electron chi connectivity index (χ1n) is 6.30. The van der Waals surface area contributed by atoms with Crippen molar-refractivity contribution in [2.45, 2.75) is 37.2 Å². The standard InChI is InChI=1S/C11H20N2O4S/c1-8-7-13(4-5-18(8,15)16)11(14)10-3-2-9(6-12)17-10/h8-10H,2-7,12H2,1H3/t8?,9-,10+/m1/s1. The van der Waals surface area contributed by atoms with Gasteiger partial charge in [-0.05, 0) is 19.8 Å². The molecule has 2 heterocycles. The highest BCUT2D eigenvalue weighted by Gasteiger charge is 2.37. The minimum Gasteiger partial charge on any atom is -0.364 e. The van der Waals surface area contributed by atoms with Gasteiger partial charge in [0.05, 0.1) is 17.1 Å². The Morgan fingerprint density at radius 1 is 1.44 bits per heavy atom. The Balaban J connectivity index is 1.95. The van der Waals surface area contributed by atoms with E-state index in [0.29, 0.717) is 13.0 Å². The predicted octanol–water partition coefficient (Wildman–Crippen LogP) is -0.862. The van der Waals surface area contributed by atoms with Gasteiger partial charge in [-0.2, -0.15) is 0 Å². The Bertz CT molecular complexity index is 423. The Hall–Kier alpha value is -0.660. The van der Waals surface area contributed by atoms with Crippen molar-refractivity contribution in [3.05, 3.63) is 0 Å². The molecule has 2 fully saturated rings. The van der Waals surface area contributed by atoms with Crippen LogP contribution in [-0.2, 0) is 19.4 Å². The van der Waals surface area contributed by atoms with Crippen LogP contribution in [-0.4, -0.2) is 62.1 Å². The number of carbonyl (C=O) groups excluding carboxylic acids is 1. The summed E-state index contributed by atoms with van der Waals surface area (Å²) in [5, 5.41) is -0.484. The van der Waals surface area contributed by atoms with Crippen molar-refractivity contribution in [3.8, 4) is 0 Å². The zero-order chi connectivity index (χ0) is 13.3. The summed E-state index contributed by atoms with van der Waals surface area (Å²) in [6.45, 7) is 2.62. The number of hydrogen-bond acceptors (Lipinski definition) is 5. The number of nitrogens with two attached hydrogens (primary N) is 1. The summed E-state index contributed by atoms with van der Waals surface area (Å²) >= 11 is 0. The Morgan fingerprint density at radius 3 is 2.72 bits per heavy atom. The highest BCUT2D eigenvalue weighted by atomic mass is 32.2. The van der Waals surface area contributed by atoms with Gasteiger partial charge in [0.2, 0.25) is 0 Å². The molecule has 7 heteroatoms. The zero-order valence-electron chi connectivity index (χ0n) is 10.5. The van der Waals surface area contributed by atoms with Gasteiger partial charge >= 0.3 is 0 Å². The lowest BCUT2D eigenvalue weighted by molar-refractivity contribution is -0.142. The van der Waals surface area contributed by atoms with Crippen LogP contribution in [0.4, 0.5) is 0 Å². The van der Waals surface area contributed by atoms with Crippen molar-refractivity contribution in [1.82, 2.24) is 4.90 Å². The third kappa shape index (κ3) is 2.67. The maximum atomic E-state index is 12.2. The van der Waals surface area contributed by atoms with E-state index in [0.717, 1.165) is 6.42 Å². The second kappa shape index (κ2) is 5.14. The first-order valence-corrected chi connectivity index (χ1v) is 8.01. The number of amides is 1. The predicted molar refractivity (Wildman–Crippen MR) is 66.8 cm³/mol. The molecule has 18 heavy (non-hydrogen) atoms. The second-order valence-corrected chi connectivity index (χ2v) is 7.56. The summed E-state index contributed by atoms with van der Waals surface area (Å²) in [6, 6.07) is 0. The largest absolute Gasteiger partial charge is 0.364 e. The molecule has 2 saturated heterocycles. The quantitative estimate of drug-likeness (QED) is 0.708. The monoisotopic (exact) mass is 276 g/mol. The molecule has 1 amide bonds. The third-order valence-electron chi connectivity index (χ3n) is 3.69. The maximum absolute atomic E-state index is 12.2. The van der Waals surface area contributed by atoms with Crippen molar-refractivity contribution in [2.75, 3.05) is 25.4 Å². The molecule has 2 aliphatic rings. The number of ether oxygens (including phenoxy) is 1. The molecule has 0 radical (unpaired) electrons. The van der Waals surface area contributed by atoms with Gasteiger partial charge in [0.1, 0.15) is 6.10 Å². The number of hydrogen-bond donors (Lipinski definition) is 1. The van der Waals surface area contributed by atoms with E-state index in [1.54, 1.807) is 11.8 Å². The molecule has 0 aromatic carbocycles. The summed E-state index contributed by atoms with van der Waals surface area (Å²) in [5.74, 6) is -0.0415. The van der Waals surface area contributed by atoms with Gasteiger partial charge in [0, 0.05) is 19.6 Å². The summed E-state index contributed by atoms with van der Waals surface area (Å²) in [7, 11) is -3.02. The van der Waals surface area contributed by atoms with Gasteiger partial charge in [-0.3, -0.25) is 4.79 Å². The minimum atomic E-state index is -3.02. The van der Waals surface area contributed by atoms with Crippen LogP contribution in [0.3, 0.4) is 0 Å². The molecule has 1 unspecified atom stereocenters. The summed E-state index contributed by atoms with van der Waals surface area (Å²) < 4.78 is 28.7. The Labute approximate surface area is 107 Å². The van der Waals surface area contributed by atoms with E-state index in [4.69, 9.17) is 10.5 Å². The van der Waals surface area contributed by atoms with Crippen LogP contribution in [0.25, 0.3) is 0 Å². The van der Waals surface area contributed by atoms with Crippen molar-refractivity contribution in [3.63, 3.8) is 0 Å². The van der Waals surface area contributed by atoms with E-state index in [-0.39, 0.29) is 30.9 Å². The van der Waals surface area contributed by atoms with Crippen LogP contribution in [0.2, 0.25) is 0 Å². The fraction of sp³-hybridized carbons (Fsp3) is 0.909. The molecule has 104 valence electrons. The van der Waals surface area contributed by atoms with E-state index in [2.05, 4.69) is 0 Å². The van der Waals surface area contributed by atoms with Gasteiger partial charge in [0.15, 0.2) is 9.84 Å². The maximum Gasteiger partial charge on any atom is 0.251 e. The molecule has 2 aliphatic heterocycles. The van der Waals surface area contributed by atoms with Crippen LogP contribution in [0, 0.1) is 0 Å². The first-order chi connectivity index (χ1) is 8.44. The van der Waals surface area contributed by atoms with Gasteiger partial charge in [-0.15, -0.1) is 0 Å². The molecular formula is C11H20N2O4S. The Kier molecular flexibility index (Phi) is 3.93. The molecule has 3 atom stereocenters. The van der Waals surface area contributed by atoms with Crippen LogP contribution in [0.1, 0.15) is 19.8 Å². The van der Waals surface area contributed by atoms with Gasteiger partial charge < -0.3 is 15.4 Å². The lowest BCUT2D eigenvalue weighted by Gasteiger charge is -2.32. The van der Waals surface area contributed by atoms with E-state index in [9.17, 15) is 13.2 Å². The van der Waals surface area contributed by atoms with E-state index in [1.165, 1.54) is 0 Å². The molecule has 0 saturated carbocycles. The number of carbonyl (C=O) groups is 1. The smallest absolute Gasteiger partial charge is 0.251 e. The molecule has 0 aromatic rings. The normalized spacial score (nSPS) is 35.7. The van der Waals surface area contributed by atoms with Crippen LogP contribution >= 0.6 is 0 Å². The minimum absolute atomic E-state index is 0.0371. The van der Waals surface area contributed by atoms with E-state index in [1.807, 2.05) is 0 Å². The fourth-order valence-corrected chi connectivity index (χ4v) is 3.70. The third-order valence-corrected chi connectivity index (χ3v) is 5.82. The van der Waals surface area contributed by atoms with Crippen molar-refractivity contribution >= 4 is 15.7 Å². The van der Waals surface area contributed by atoms with Crippen LogP contribution in [0.15, 0.2) is 0 Å². The lowest BCUT2D eigenvalue weighted by atomic mass is 10.1. The molecule has 2 N–H and O–H groups in total. The van der Waals surface area contributed by atoms with Crippen molar-refractivity contribution < 1.29 is 17.9 Å². The second-order valence-electron chi connectivity index (χ2n) is 5.02. The molecular weight excluding hydrogens is 256 g/mol. The molecule has 0 aliphatic carbocycles. The topological polar surface area (TPSA) is 89.7 Å².